The third-order valence-electron chi connectivity index (χ3n) is 2.76. The predicted octanol–water partition coefficient (Wildman–Crippen LogP) is 3.21. The molecule has 0 unspecified atom stereocenters. The molecule has 0 bridgehead atoms. The summed E-state index contributed by atoms with van der Waals surface area (Å²) in [6, 6.07) is 11.7. The summed E-state index contributed by atoms with van der Waals surface area (Å²) in [6.45, 7) is 2.00. The number of carbonyl (C=O) groups excluding carboxylic acids is 1. The van der Waals surface area contributed by atoms with Crippen molar-refractivity contribution in [2.75, 3.05) is 0 Å². The first-order valence-electron chi connectivity index (χ1n) is 6.10. The van der Waals surface area contributed by atoms with Gasteiger partial charge in [-0.3, -0.25) is 9.78 Å². The Morgan fingerprint density at radius 2 is 2.05 bits per heavy atom. The molecular weight excluding hydrogens is 304 g/mol. The number of amides is 1. The number of aromatic nitrogens is 1. The highest BCUT2D eigenvalue weighted by Gasteiger charge is 2.10. The average Bonchev–Trinajstić information content (AvgIpc) is 2.42. The Labute approximate surface area is 121 Å². The summed E-state index contributed by atoms with van der Waals surface area (Å²) >= 11 is 3.41. The number of nitrogens with one attached hydrogen (secondary N) is 1. The zero-order chi connectivity index (χ0) is 13.7. The maximum atomic E-state index is 11.9. The van der Waals surface area contributed by atoms with Gasteiger partial charge in [-0.25, -0.2) is 0 Å². The van der Waals surface area contributed by atoms with Crippen LogP contribution in [0.15, 0.2) is 53.3 Å². The topological polar surface area (TPSA) is 42.0 Å². The number of benzene rings is 1. The lowest BCUT2D eigenvalue weighted by molar-refractivity contribution is 0.0939. The molecule has 1 N–H and O–H groups in total. The van der Waals surface area contributed by atoms with E-state index in [2.05, 4.69) is 38.4 Å². The molecule has 2 rings (SSSR count). The van der Waals surface area contributed by atoms with Crippen LogP contribution in [0, 0.1) is 0 Å². The molecule has 1 heterocycles. The summed E-state index contributed by atoms with van der Waals surface area (Å²) in [6.07, 6.45) is 4.03. The van der Waals surface area contributed by atoms with Gasteiger partial charge in [-0.2, -0.15) is 0 Å². The van der Waals surface area contributed by atoms with E-state index in [0.29, 0.717) is 5.56 Å². The fourth-order valence-electron chi connectivity index (χ4n) is 1.83. The number of rotatable bonds is 4. The number of nitrogens with zero attached hydrogens (tertiary/aromatic N) is 1. The quantitative estimate of drug-likeness (QED) is 0.940. The van der Waals surface area contributed by atoms with Gasteiger partial charge in [0.05, 0.1) is 5.56 Å². The van der Waals surface area contributed by atoms with Crippen molar-refractivity contribution in [3.8, 4) is 0 Å². The van der Waals surface area contributed by atoms with E-state index in [1.165, 1.54) is 5.56 Å². The third kappa shape index (κ3) is 4.17. The normalized spacial score (nSPS) is 11.9. The average molecular weight is 319 g/mol. The van der Waals surface area contributed by atoms with Crippen molar-refractivity contribution in [2.45, 2.75) is 19.4 Å². The number of hydrogen-bond acceptors (Lipinski definition) is 2. The van der Waals surface area contributed by atoms with Gasteiger partial charge < -0.3 is 5.32 Å². The van der Waals surface area contributed by atoms with Crippen molar-refractivity contribution in [2.24, 2.45) is 0 Å². The van der Waals surface area contributed by atoms with E-state index in [1.54, 1.807) is 24.5 Å². The van der Waals surface area contributed by atoms with Gasteiger partial charge in [0, 0.05) is 22.9 Å². The highest BCUT2D eigenvalue weighted by atomic mass is 79.9. The zero-order valence-corrected chi connectivity index (χ0v) is 12.2. The Balaban J connectivity index is 1.92. The van der Waals surface area contributed by atoms with Gasteiger partial charge >= 0.3 is 0 Å². The maximum Gasteiger partial charge on any atom is 0.253 e. The van der Waals surface area contributed by atoms with Gasteiger partial charge in [-0.05, 0) is 43.2 Å². The fourth-order valence-corrected chi connectivity index (χ4v) is 2.09. The van der Waals surface area contributed by atoms with Crippen molar-refractivity contribution in [3.63, 3.8) is 0 Å². The first-order valence-corrected chi connectivity index (χ1v) is 6.90. The molecule has 0 aliphatic carbocycles. The lowest BCUT2D eigenvalue weighted by Gasteiger charge is -2.14. The van der Waals surface area contributed by atoms with Crippen molar-refractivity contribution < 1.29 is 4.79 Å². The van der Waals surface area contributed by atoms with Crippen LogP contribution in [0.5, 0.6) is 0 Å². The Hall–Kier alpha value is -1.68. The van der Waals surface area contributed by atoms with E-state index in [1.807, 2.05) is 19.1 Å². The van der Waals surface area contributed by atoms with E-state index in [4.69, 9.17) is 0 Å². The molecule has 0 spiro atoms. The van der Waals surface area contributed by atoms with Crippen LogP contribution in [0.1, 0.15) is 22.8 Å². The third-order valence-corrected chi connectivity index (χ3v) is 3.29. The molecule has 3 nitrogen and oxygen atoms in total. The number of pyridine rings is 1. The second-order valence-corrected chi connectivity index (χ2v) is 5.36. The number of hydrogen-bond donors (Lipinski definition) is 1. The Morgan fingerprint density at radius 3 is 2.68 bits per heavy atom. The molecule has 1 atom stereocenters. The largest absolute Gasteiger partial charge is 0.349 e. The highest BCUT2D eigenvalue weighted by Crippen LogP contribution is 2.12. The van der Waals surface area contributed by atoms with E-state index in [0.717, 1.165) is 10.9 Å². The second-order valence-electron chi connectivity index (χ2n) is 4.45. The lowest BCUT2D eigenvalue weighted by atomic mass is 10.1. The molecule has 0 radical (unpaired) electrons. The summed E-state index contributed by atoms with van der Waals surface area (Å²) in [5, 5.41) is 2.97. The minimum Gasteiger partial charge on any atom is -0.349 e. The van der Waals surface area contributed by atoms with Crippen molar-refractivity contribution >= 4 is 21.8 Å². The van der Waals surface area contributed by atoms with Crippen LogP contribution in [0.4, 0.5) is 0 Å². The van der Waals surface area contributed by atoms with Gasteiger partial charge in [-0.15, -0.1) is 0 Å². The first kappa shape index (κ1) is 13.7. The van der Waals surface area contributed by atoms with Crippen molar-refractivity contribution in [1.82, 2.24) is 10.3 Å². The van der Waals surface area contributed by atoms with Crippen LogP contribution >= 0.6 is 15.9 Å². The van der Waals surface area contributed by atoms with Crippen LogP contribution in [0.2, 0.25) is 0 Å². The zero-order valence-electron chi connectivity index (χ0n) is 10.6. The lowest BCUT2D eigenvalue weighted by Crippen LogP contribution is -2.34. The van der Waals surface area contributed by atoms with Gasteiger partial charge in [-0.1, -0.05) is 28.1 Å². The molecule has 0 aliphatic rings. The summed E-state index contributed by atoms with van der Waals surface area (Å²) in [7, 11) is 0. The predicted molar refractivity (Wildman–Crippen MR) is 79.0 cm³/mol. The maximum absolute atomic E-state index is 11.9. The molecule has 0 saturated carbocycles. The van der Waals surface area contributed by atoms with Crippen LogP contribution in [0.3, 0.4) is 0 Å². The second kappa shape index (κ2) is 6.48. The first-order chi connectivity index (χ1) is 9.15. The van der Waals surface area contributed by atoms with Gasteiger partial charge in [0.25, 0.3) is 5.91 Å². The standard InChI is InChI=1S/C15H15BrN2O/c1-11(9-12-4-6-14(16)7-5-12)18-15(19)13-3-2-8-17-10-13/h2-8,10-11H,9H2,1H3,(H,18,19)/t11-/m1/s1. The Bertz CT molecular complexity index is 540. The summed E-state index contributed by atoms with van der Waals surface area (Å²) in [4.78, 5) is 15.9. The van der Waals surface area contributed by atoms with Crippen LogP contribution < -0.4 is 5.32 Å². The van der Waals surface area contributed by atoms with E-state index >= 15 is 0 Å². The van der Waals surface area contributed by atoms with Gasteiger partial charge in [0.2, 0.25) is 0 Å². The summed E-state index contributed by atoms with van der Waals surface area (Å²) in [5.74, 6) is -0.0855. The van der Waals surface area contributed by atoms with E-state index < -0.39 is 0 Å². The molecule has 1 aromatic heterocycles. The van der Waals surface area contributed by atoms with Crippen molar-refractivity contribution in [1.29, 1.82) is 0 Å². The highest BCUT2D eigenvalue weighted by molar-refractivity contribution is 9.10. The summed E-state index contributed by atoms with van der Waals surface area (Å²) in [5.41, 5.74) is 1.78. The molecule has 0 aliphatic heterocycles. The van der Waals surface area contributed by atoms with E-state index in [-0.39, 0.29) is 11.9 Å². The SMILES string of the molecule is C[C@H](Cc1ccc(Br)cc1)NC(=O)c1cccnc1. The molecule has 19 heavy (non-hydrogen) atoms. The Morgan fingerprint density at radius 1 is 1.32 bits per heavy atom. The Kier molecular flexibility index (Phi) is 4.68. The van der Waals surface area contributed by atoms with Crippen molar-refractivity contribution in [3.05, 3.63) is 64.4 Å². The molecule has 98 valence electrons. The fraction of sp³-hybridized carbons (Fsp3) is 0.200. The molecule has 0 saturated heterocycles. The monoisotopic (exact) mass is 318 g/mol. The molecule has 1 aromatic carbocycles. The molecule has 4 heteroatoms. The molecule has 1 amide bonds. The molecule has 2 aromatic rings. The molecule has 0 fully saturated rings. The van der Waals surface area contributed by atoms with Gasteiger partial charge in [0.1, 0.15) is 0 Å². The minimum absolute atomic E-state index is 0.0777. The smallest absolute Gasteiger partial charge is 0.253 e. The number of halogens is 1. The van der Waals surface area contributed by atoms with Gasteiger partial charge in [0.15, 0.2) is 0 Å². The number of carbonyl (C=O) groups is 1. The van der Waals surface area contributed by atoms with E-state index in [9.17, 15) is 4.79 Å². The summed E-state index contributed by atoms with van der Waals surface area (Å²) < 4.78 is 1.06. The van der Waals surface area contributed by atoms with Crippen LogP contribution in [-0.4, -0.2) is 16.9 Å². The minimum atomic E-state index is -0.0855. The molecular formula is C15H15BrN2O. The van der Waals surface area contributed by atoms with Crippen LogP contribution in [-0.2, 0) is 6.42 Å². The van der Waals surface area contributed by atoms with Crippen LogP contribution in [0.25, 0.3) is 0 Å².